The molecule has 0 saturated carbocycles. The molecule has 1 aliphatic heterocycles. The van der Waals surface area contributed by atoms with Crippen LogP contribution in [-0.2, 0) is 17.8 Å². The van der Waals surface area contributed by atoms with Crippen LogP contribution < -0.4 is 5.63 Å². The van der Waals surface area contributed by atoms with E-state index in [1.54, 1.807) is 12.4 Å². The van der Waals surface area contributed by atoms with Gasteiger partial charge in [0.25, 0.3) is 6.47 Å². The second-order valence-corrected chi connectivity index (χ2v) is 7.06. The number of hydrogen-bond donors (Lipinski definition) is 1. The van der Waals surface area contributed by atoms with Gasteiger partial charge in [-0.1, -0.05) is 13.0 Å². The number of carbonyl (C=O) groups is 1. The van der Waals surface area contributed by atoms with Crippen LogP contribution >= 0.6 is 0 Å². The van der Waals surface area contributed by atoms with Crippen LogP contribution in [0.1, 0.15) is 42.5 Å². The van der Waals surface area contributed by atoms with Gasteiger partial charge in [-0.05, 0) is 61.7 Å². The predicted molar refractivity (Wildman–Crippen MR) is 110 cm³/mol. The van der Waals surface area contributed by atoms with Crippen molar-refractivity contribution in [3.63, 3.8) is 0 Å². The zero-order valence-corrected chi connectivity index (χ0v) is 16.5. The number of rotatable bonds is 4. The van der Waals surface area contributed by atoms with Crippen molar-refractivity contribution >= 4 is 17.4 Å². The van der Waals surface area contributed by atoms with Crippen molar-refractivity contribution in [2.75, 3.05) is 13.1 Å². The first-order chi connectivity index (χ1) is 14.1. The molecule has 152 valence electrons. The lowest BCUT2D eigenvalue weighted by Crippen LogP contribution is -2.33. The van der Waals surface area contributed by atoms with E-state index in [0.29, 0.717) is 11.5 Å². The third-order valence-corrected chi connectivity index (χ3v) is 5.31. The molecule has 0 amide bonds. The fraction of sp³-hybridized carbons (Fsp3) is 0.364. The summed E-state index contributed by atoms with van der Waals surface area (Å²) in [6.45, 7) is 4.68. The Morgan fingerprint density at radius 1 is 1.24 bits per heavy atom. The van der Waals surface area contributed by atoms with Crippen molar-refractivity contribution in [2.45, 2.75) is 38.6 Å². The number of likely N-dealkylation sites (tertiary alicyclic amines) is 1. The lowest BCUT2D eigenvalue weighted by molar-refractivity contribution is -0.122. The van der Waals surface area contributed by atoms with E-state index in [2.05, 4.69) is 27.9 Å². The lowest BCUT2D eigenvalue weighted by atomic mass is 9.93. The van der Waals surface area contributed by atoms with Crippen LogP contribution in [0, 0.1) is 0 Å². The highest BCUT2D eigenvalue weighted by Crippen LogP contribution is 2.28. The Morgan fingerprint density at radius 3 is 2.66 bits per heavy atom. The summed E-state index contributed by atoms with van der Waals surface area (Å²) in [6, 6.07) is 9.77. The summed E-state index contributed by atoms with van der Waals surface area (Å²) in [5.74, 6) is 0.499. The first-order valence-corrected chi connectivity index (χ1v) is 9.76. The summed E-state index contributed by atoms with van der Waals surface area (Å²) in [5, 5.41) is 7.95. The molecule has 1 fully saturated rings. The van der Waals surface area contributed by atoms with Crippen molar-refractivity contribution in [3.8, 4) is 0 Å². The van der Waals surface area contributed by atoms with E-state index in [9.17, 15) is 4.79 Å². The van der Waals surface area contributed by atoms with Gasteiger partial charge in [-0.15, -0.1) is 0 Å². The average Bonchev–Trinajstić information content (AvgIpc) is 2.75. The van der Waals surface area contributed by atoms with Gasteiger partial charge in [0.2, 0.25) is 0 Å². The monoisotopic (exact) mass is 395 g/mol. The Hall–Kier alpha value is -3.06. The van der Waals surface area contributed by atoms with Crippen molar-refractivity contribution in [3.05, 3.63) is 70.1 Å². The highest BCUT2D eigenvalue weighted by molar-refractivity contribution is 5.80. The van der Waals surface area contributed by atoms with Crippen molar-refractivity contribution in [1.29, 1.82) is 0 Å². The molecule has 4 rings (SSSR count). The summed E-state index contributed by atoms with van der Waals surface area (Å²) in [7, 11) is 0. The Balaban J connectivity index is 0.000000755. The molecule has 7 nitrogen and oxygen atoms in total. The molecule has 0 bridgehead atoms. The summed E-state index contributed by atoms with van der Waals surface area (Å²) in [4.78, 5) is 31.1. The predicted octanol–water partition coefficient (Wildman–Crippen LogP) is 3.23. The highest BCUT2D eigenvalue weighted by atomic mass is 16.4. The zero-order valence-electron chi connectivity index (χ0n) is 16.5. The van der Waals surface area contributed by atoms with Gasteiger partial charge in [-0.3, -0.25) is 9.69 Å². The largest absolute Gasteiger partial charge is 0.483 e. The molecule has 7 heteroatoms. The first kappa shape index (κ1) is 20.7. The fourth-order valence-corrected chi connectivity index (χ4v) is 3.80. The number of piperidine rings is 1. The van der Waals surface area contributed by atoms with Crippen LogP contribution in [0.2, 0.25) is 0 Å². The van der Waals surface area contributed by atoms with E-state index in [0.717, 1.165) is 55.5 Å². The first-order valence-electron chi connectivity index (χ1n) is 9.76. The van der Waals surface area contributed by atoms with Crippen molar-refractivity contribution in [2.24, 2.45) is 0 Å². The molecule has 1 aromatic carbocycles. The van der Waals surface area contributed by atoms with E-state index >= 15 is 0 Å². The quantitative estimate of drug-likeness (QED) is 0.535. The van der Waals surface area contributed by atoms with E-state index in [4.69, 9.17) is 14.3 Å². The van der Waals surface area contributed by atoms with E-state index in [1.807, 2.05) is 24.4 Å². The molecule has 0 spiro atoms. The van der Waals surface area contributed by atoms with Crippen LogP contribution in [0.4, 0.5) is 0 Å². The number of benzene rings is 1. The molecule has 0 atom stereocenters. The molecule has 2 aromatic heterocycles. The van der Waals surface area contributed by atoms with Gasteiger partial charge < -0.3 is 9.52 Å². The SMILES string of the molecule is CCc1ccc2oc(=O)cc(CN3CCC(c4ccncn4)CC3)c2c1.O=CO. The van der Waals surface area contributed by atoms with Crippen molar-refractivity contribution in [1.82, 2.24) is 14.9 Å². The van der Waals surface area contributed by atoms with E-state index < -0.39 is 0 Å². The molecule has 3 aromatic rings. The van der Waals surface area contributed by atoms with Gasteiger partial charge >= 0.3 is 5.63 Å². The summed E-state index contributed by atoms with van der Waals surface area (Å²) in [6.07, 6.45) is 6.57. The topological polar surface area (TPSA) is 96.5 Å². The van der Waals surface area contributed by atoms with Crippen LogP contribution in [0.15, 0.2) is 52.1 Å². The summed E-state index contributed by atoms with van der Waals surface area (Å²) < 4.78 is 5.38. The Kier molecular flexibility index (Phi) is 7.08. The number of aryl methyl sites for hydroxylation is 1. The van der Waals surface area contributed by atoms with Gasteiger partial charge in [-0.2, -0.15) is 0 Å². The number of aromatic nitrogens is 2. The number of carboxylic acid groups (broad SMARTS) is 1. The maximum atomic E-state index is 11.9. The molecule has 0 aliphatic carbocycles. The smallest absolute Gasteiger partial charge is 0.336 e. The van der Waals surface area contributed by atoms with Crippen LogP contribution in [0.25, 0.3) is 11.0 Å². The van der Waals surface area contributed by atoms with Crippen LogP contribution in [-0.4, -0.2) is 39.5 Å². The van der Waals surface area contributed by atoms with Gasteiger partial charge in [0.05, 0.1) is 0 Å². The minimum absolute atomic E-state index is 0.250. The molecular formula is C22H25N3O4. The Morgan fingerprint density at radius 2 is 2.00 bits per heavy atom. The molecule has 29 heavy (non-hydrogen) atoms. The molecule has 3 heterocycles. The summed E-state index contributed by atoms with van der Waals surface area (Å²) >= 11 is 0. The molecule has 0 unspecified atom stereocenters. The van der Waals surface area contributed by atoms with Gasteiger partial charge in [-0.25, -0.2) is 14.8 Å². The molecule has 1 saturated heterocycles. The van der Waals surface area contributed by atoms with Crippen LogP contribution in [0.5, 0.6) is 0 Å². The minimum Gasteiger partial charge on any atom is -0.483 e. The van der Waals surface area contributed by atoms with Gasteiger partial charge in [0, 0.05) is 35.8 Å². The van der Waals surface area contributed by atoms with Gasteiger partial charge in [0.15, 0.2) is 0 Å². The number of fused-ring (bicyclic) bond motifs is 1. The standard InChI is InChI=1S/C21H23N3O2.CH2O2/c1-2-15-3-4-20-18(11-15)17(12-21(25)26-20)13-24-9-6-16(7-10-24)19-5-8-22-14-23-19;2-1-3/h3-5,8,11-12,14,16H,2,6-7,9-10,13H2,1H3;1H,(H,2,3). The number of hydrogen-bond acceptors (Lipinski definition) is 6. The van der Waals surface area contributed by atoms with E-state index in [1.165, 1.54) is 5.56 Å². The molecular weight excluding hydrogens is 370 g/mol. The van der Waals surface area contributed by atoms with Crippen LogP contribution in [0.3, 0.4) is 0 Å². The lowest BCUT2D eigenvalue weighted by Gasteiger charge is -2.31. The Labute approximate surface area is 169 Å². The zero-order chi connectivity index (χ0) is 20.6. The maximum absolute atomic E-state index is 11.9. The minimum atomic E-state index is -0.271. The maximum Gasteiger partial charge on any atom is 0.336 e. The molecule has 0 radical (unpaired) electrons. The fourth-order valence-electron chi connectivity index (χ4n) is 3.80. The molecule has 1 N–H and O–H groups in total. The number of nitrogens with zero attached hydrogens (tertiary/aromatic N) is 3. The van der Waals surface area contributed by atoms with Gasteiger partial charge in [0.1, 0.15) is 11.9 Å². The average molecular weight is 395 g/mol. The summed E-state index contributed by atoms with van der Waals surface area (Å²) in [5.41, 5.74) is 3.87. The Bertz CT molecular complexity index is 996. The van der Waals surface area contributed by atoms with E-state index in [-0.39, 0.29) is 12.1 Å². The molecule has 1 aliphatic rings. The third kappa shape index (κ3) is 5.26. The highest BCUT2D eigenvalue weighted by Gasteiger charge is 2.22. The third-order valence-electron chi connectivity index (χ3n) is 5.31. The second-order valence-electron chi connectivity index (χ2n) is 7.06. The normalized spacial score (nSPS) is 14.9. The second kappa shape index (κ2) is 9.93. The van der Waals surface area contributed by atoms with Crippen molar-refractivity contribution < 1.29 is 14.3 Å².